The number of nitrogens with zero attached hydrogens (tertiary/aromatic N) is 2. The molecule has 0 aliphatic heterocycles. The Morgan fingerprint density at radius 3 is 2.88 bits per heavy atom. The lowest BCUT2D eigenvalue weighted by atomic mass is 10.2. The molecule has 3 N–H and O–H groups in total. The number of nitrogens with one attached hydrogen (secondary N) is 1. The Balaban J connectivity index is 2.06. The predicted molar refractivity (Wildman–Crippen MR) is 66.2 cm³/mol. The molecule has 0 amide bonds. The maximum absolute atomic E-state index is 5.77. The highest BCUT2D eigenvalue weighted by Crippen LogP contribution is 2.33. The molecule has 1 unspecified atom stereocenters. The van der Waals surface area contributed by atoms with Crippen LogP contribution in [0.2, 0.25) is 0 Å². The second-order valence-electron chi connectivity index (χ2n) is 4.61. The number of hydrogen-bond acceptors (Lipinski definition) is 4. The number of aromatic nitrogens is 2. The van der Waals surface area contributed by atoms with Crippen LogP contribution in [0.25, 0.3) is 0 Å². The Bertz CT molecular complexity index is 360. The summed E-state index contributed by atoms with van der Waals surface area (Å²) in [4.78, 5) is 8.69. The predicted octanol–water partition coefficient (Wildman–Crippen LogP) is 2.22. The first kappa shape index (κ1) is 11.2. The molecular formula is C12H20N4. The van der Waals surface area contributed by atoms with Gasteiger partial charge in [0.05, 0.1) is 0 Å². The number of anilines is 2. The number of nitrogens with two attached hydrogens (primary N) is 1. The van der Waals surface area contributed by atoms with Crippen molar-refractivity contribution in [2.24, 2.45) is 5.92 Å². The molecule has 0 aromatic carbocycles. The van der Waals surface area contributed by atoms with Gasteiger partial charge < -0.3 is 11.1 Å². The molecule has 0 spiro atoms. The van der Waals surface area contributed by atoms with Crippen molar-refractivity contribution in [2.45, 2.75) is 45.6 Å². The standard InChI is InChI=1S/C12H20N4/c1-3-4-11-15-10(13)7-12(16-11)14-8(2)9-5-6-9/h7-9H,3-6H2,1-2H3,(H3,13,14,15,16). The molecule has 4 nitrogen and oxygen atoms in total. The molecule has 0 radical (unpaired) electrons. The number of aryl methyl sites for hydroxylation is 1. The molecule has 1 heterocycles. The minimum absolute atomic E-state index is 0.490. The molecule has 1 aromatic heterocycles. The van der Waals surface area contributed by atoms with E-state index in [2.05, 4.69) is 29.1 Å². The fraction of sp³-hybridized carbons (Fsp3) is 0.667. The third kappa shape index (κ3) is 2.84. The quantitative estimate of drug-likeness (QED) is 0.798. The van der Waals surface area contributed by atoms with Gasteiger partial charge in [-0.25, -0.2) is 9.97 Å². The summed E-state index contributed by atoms with van der Waals surface area (Å²) in [5.41, 5.74) is 5.77. The highest BCUT2D eigenvalue weighted by molar-refractivity contribution is 5.45. The van der Waals surface area contributed by atoms with E-state index in [4.69, 9.17) is 5.73 Å². The van der Waals surface area contributed by atoms with E-state index < -0.39 is 0 Å². The average Bonchev–Trinajstić information content (AvgIpc) is 2.99. The highest BCUT2D eigenvalue weighted by atomic mass is 15.1. The van der Waals surface area contributed by atoms with Gasteiger partial charge in [0.2, 0.25) is 0 Å². The molecule has 1 aliphatic rings. The van der Waals surface area contributed by atoms with Gasteiger partial charge in [0.1, 0.15) is 17.5 Å². The molecule has 2 rings (SSSR count). The Morgan fingerprint density at radius 2 is 2.25 bits per heavy atom. The van der Waals surface area contributed by atoms with Gasteiger partial charge in [0, 0.05) is 18.5 Å². The third-order valence-corrected chi connectivity index (χ3v) is 2.97. The molecule has 1 fully saturated rings. The summed E-state index contributed by atoms with van der Waals surface area (Å²) in [6, 6.07) is 2.31. The lowest BCUT2D eigenvalue weighted by Crippen LogP contribution is -2.19. The van der Waals surface area contributed by atoms with E-state index in [0.717, 1.165) is 30.4 Å². The zero-order chi connectivity index (χ0) is 11.5. The van der Waals surface area contributed by atoms with Crippen molar-refractivity contribution >= 4 is 11.6 Å². The van der Waals surface area contributed by atoms with Crippen LogP contribution in [-0.4, -0.2) is 16.0 Å². The van der Waals surface area contributed by atoms with E-state index in [1.165, 1.54) is 12.8 Å². The summed E-state index contributed by atoms with van der Waals surface area (Å²) in [6.45, 7) is 4.32. The van der Waals surface area contributed by atoms with Crippen LogP contribution in [0, 0.1) is 5.92 Å². The smallest absolute Gasteiger partial charge is 0.133 e. The molecule has 1 atom stereocenters. The highest BCUT2D eigenvalue weighted by Gasteiger charge is 2.28. The Hall–Kier alpha value is -1.32. The van der Waals surface area contributed by atoms with Gasteiger partial charge in [-0.15, -0.1) is 0 Å². The van der Waals surface area contributed by atoms with Gasteiger partial charge >= 0.3 is 0 Å². The summed E-state index contributed by atoms with van der Waals surface area (Å²) in [6.07, 6.45) is 4.59. The van der Waals surface area contributed by atoms with Crippen LogP contribution < -0.4 is 11.1 Å². The molecule has 1 saturated carbocycles. The maximum atomic E-state index is 5.77. The fourth-order valence-electron chi connectivity index (χ4n) is 1.87. The second kappa shape index (κ2) is 4.68. The van der Waals surface area contributed by atoms with Crippen LogP contribution >= 0.6 is 0 Å². The zero-order valence-corrected chi connectivity index (χ0v) is 10.0. The van der Waals surface area contributed by atoms with Crippen molar-refractivity contribution in [1.82, 2.24) is 9.97 Å². The van der Waals surface area contributed by atoms with E-state index >= 15 is 0 Å². The lowest BCUT2D eigenvalue weighted by Gasteiger charge is -2.14. The Labute approximate surface area is 96.7 Å². The van der Waals surface area contributed by atoms with Crippen molar-refractivity contribution in [1.29, 1.82) is 0 Å². The van der Waals surface area contributed by atoms with Crippen molar-refractivity contribution in [3.8, 4) is 0 Å². The van der Waals surface area contributed by atoms with Gasteiger partial charge in [-0.3, -0.25) is 0 Å². The minimum Gasteiger partial charge on any atom is -0.384 e. The van der Waals surface area contributed by atoms with Crippen molar-refractivity contribution < 1.29 is 0 Å². The normalized spacial score (nSPS) is 17.1. The van der Waals surface area contributed by atoms with Gasteiger partial charge in [0.15, 0.2) is 0 Å². The third-order valence-electron chi connectivity index (χ3n) is 2.97. The van der Waals surface area contributed by atoms with Gasteiger partial charge in [-0.1, -0.05) is 6.92 Å². The molecule has 0 saturated heterocycles. The molecular weight excluding hydrogens is 200 g/mol. The van der Waals surface area contributed by atoms with Crippen molar-refractivity contribution in [3.05, 3.63) is 11.9 Å². The van der Waals surface area contributed by atoms with Crippen molar-refractivity contribution in [3.63, 3.8) is 0 Å². The van der Waals surface area contributed by atoms with Crippen LogP contribution in [0.4, 0.5) is 11.6 Å². The molecule has 0 bridgehead atoms. The van der Waals surface area contributed by atoms with E-state index in [1.54, 1.807) is 0 Å². The maximum Gasteiger partial charge on any atom is 0.133 e. The summed E-state index contributed by atoms with van der Waals surface area (Å²) >= 11 is 0. The number of hydrogen-bond donors (Lipinski definition) is 2. The van der Waals surface area contributed by atoms with Crippen LogP contribution in [0.15, 0.2) is 6.07 Å². The fourth-order valence-corrected chi connectivity index (χ4v) is 1.87. The first-order chi connectivity index (χ1) is 7.69. The zero-order valence-electron chi connectivity index (χ0n) is 10.0. The molecule has 4 heteroatoms. The Morgan fingerprint density at radius 1 is 1.50 bits per heavy atom. The summed E-state index contributed by atoms with van der Waals surface area (Å²) in [7, 11) is 0. The van der Waals surface area contributed by atoms with E-state index in [1.807, 2.05) is 6.07 Å². The lowest BCUT2D eigenvalue weighted by molar-refractivity contribution is 0.688. The van der Waals surface area contributed by atoms with Gasteiger partial charge in [-0.05, 0) is 32.1 Å². The van der Waals surface area contributed by atoms with E-state index in [9.17, 15) is 0 Å². The molecule has 88 valence electrons. The molecule has 1 aromatic rings. The van der Waals surface area contributed by atoms with E-state index in [0.29, 0.717) is 11.9 Å². The topological polar surface area (TPSA) is 63.8 Å². The van der Waals surface area contributed by atoms with Gasteiger partial charge in [-0.2, -0.15) is 0 Å². The number of rotatable bonds is 5. The summed E-state index contributed by atoms with van der Waals surface area (Å²) in [5, 5.41) is 3.41. The van der Waals surface area contributed by atoms with Crippen LogP contribution in [-0.2, 0) is 6.42 Å². The number of nitrogen functional groups attached to an aromatic ring is 1. The van der Waals surface area contributed by atoms with Gasteiger partial charge in [0.25, 0.3) is 0 Å². The van der Waals surface area contributed by atoms with Crippen LogP contribution in [0.5, 0.6) is 0 Å². The summed E-state index contributed by atoms with van der Waals surface area (Å²) in [5.74, 6) is 3.08. The largest absolute Gasteiger partial charge is 0.384 e. The molecule has 16 heavy (non-hydrogen) atoms. The summed E-state index contributed by atoms with van der Waals surface area (Å²) < 4.78 is 0. The average molecular weight is 220 g/mol. The van der Waals surface area contributed by atoms with Crippen molar-refractivity contribution in [2.75, 3.05) is 11.1 Å². The monoisotopic (exact) mass is 220 g/mol. The van der Waals surface area contributed by atoms with Crippen LogP contribution in [0.3, 0.4) is 0 Å². The first-order valence-corrected chi connectivity index (χ1v) is 6.09. The molecule has 1 aliphatic carbocycles. The van der Waals surface area contributed by atoms with E-state index in [-0.39, 0.29) is 0 Å². The Kier molecular flexibility index (Phi) is 3.27. The SMILES string of the molecule is CCCc1nc(N)cc(NC(C)C2CC2)n1. The second-order valence-corrected chi connectivity index (χ2v) is 4.61. The van der Waals surface area contributed by atoms with Crippen LogP contribution in [0.1, 0.15) is 38.9 Å². The first-order valence-electron chi connectivity index (χ1n) is 6.09. The minimum atomic E-state index is 0.490.